The van der Waals surface area contributed by atoms with Crippen molar-refractivity contribution in [1.82, 2.24) is 9.88 Å². The normalized spacial score (nSPS) is 14.0. The van der Waals surface area contributed by atoms with Gasteiger partial charge >= 0.3 is 0 Å². The quantitative estimate of drug-likeness (QED) is 0.724. The van der Waals surface area contributed by atoms with Crippen LogP contribution in [0, 0.1) is 0 Å². The predicted molar refractivity (Wildman–Crippen MR) is 99.3 cm³/mol. The fraction of sp³-hybridized carbons (Fsp3) is 0.368. The molecule has 0 radical (unpaired) electrons. The Morgan fingerprint density at radius 1 is 1.43 bits per heavy atom. The number of rotatable bonds is 5. The van der Waals surface area contributed by atoms with Crippen LogP contribution >= 0.6 is 11.8 Å². The minimum absolute atomic E-state index is 0.0997. The lowest BCUT2D eigenvalue weighted by molar-refractivity contribution is -0.126. The monoisotopic (exact) mass is 330 g/mol. The van der Waals surface area contributed by atoms with Gasteiger partial charge in [0, 0.05) is 18.4 Å². The first-order chi connectivity index (χ1) is 11.1. The highest BCUT2D eigenvalue weighted by molar-refractivity contribution is 7.99. The standard InChI is InChI=1S/C17H20N2OS.C2H6/c1-4-14-8-7-11-19(17(14)13(2)3)16(20)12-21-15-9-5-6-10-18-15;1-2/h4-6,9-10H,1-2,7-8,11-12H2,3H3;1-2H3. The van der Waals surface area contributed by atoms with Crippen LogP contribution in [0.5, 0.6) is 0 Å². The Balaban J connectivity index is 0.00000127. The Morgan fingerprint density at radius 2 is 2.17 bits per heavy atom. The summed E-state index contributed by atoms with van der Waals surface area (Å²) < 4.78 is 0. The minimum atomic E-state index is 0.0997. The average Bonchev–Trinajstić information content (AvgIpc) is 2.61. The van der Waals surface area contributed by atoms with Crippen molar-refractivity contribution in [2.75, 3.05) is 12.3 Å². The van der Waals surface area contributed by atoms with Gasteiger partial charge in [-0.05, 0) is 43.0 Å². The summed E-state index contributed by atoms with van der Waals surface area (Å²) in [4.78, 5) is 18.6. The summed E-state index contributed by atoms with van der Waals surface area (Å²) in [5.74, 6) is 0.487. The van der Waals surface area contributed by atoms with Crippen molar-refractivity contribution in [1.29, 1.82) is 0 Å². The van der Waals surface area contributed by atoms with E-state index in [1.807, 2.05) is 49.9 Å². The number of hydrogen-bond acceptors (Lipinski definition) is 3. The highest BCUT2D eigenvalue weighted by atomic mass is 32.2. The van der Waals surface area contributed by atoms with E-state index in [1.165, 1.54) is 11.8 Å². The average molecular weight is 330 g/mol. The SMILES string of the molecule is C=CC1=C(C(=C)C)N(C(=O)CSc2ccccn2)CCC1.CC. The second-order valence-corrected chi connectivity index (χ2v) is 5.96. The van der Waals surface area contributed by atoms with Gasteiger partial charge in [0.1, 0.15) is 0 Å². The number of nitrogens with zero attached hydrogens (tertiary/aromatic N) is 2. The van der Waals surface area contributed by atoms with E-state index in [0.29, 0.717) is 5.75 Å². The zero-order valence-electron chi connectivity index (χ0n) is 14.3. The Kier molecular flexibility index (Phi) is 8.41. The van der Waals surface area contributed by atoms with Gasteiger partial charge in [-0.3, -0.25) is 4.79 Å². The summed E-state index contributed by atoms with van der Waals surface area (Å²) in [5, 5.41) is 0.868. The van der Waals surface area contributed by atoms with Crippen LogP contribution in [0.3, 0.4) is 0 Å². The molecule has 23 heavy (non-hydrogen) atoms. The van der Waals surface area contributed by atoms with Gasteiger partial charge in [-0.15, -0.1) is 0 Å². The van der Waals surface area contributed by atoms with E-state index in [1.54, 1.807) is 6.20 Å². The second kappa shape index (κ2) is 10.1. The number of thioether (sulfide) groups is 1. The summed E-state index contributed by atoms with van der Waals surface area (Å²) in [6, 6.07) is 5.71. The van der Waals surface area contributed by atoms with Crippen molar-refractivity contribution in [3.63, 3.8) is 0 Å². The fourth-order valence-electron chi connectivity index (χ4n) is 2.43. The topological polar surface area (TPSA) is 33.2 Å². The molecule has 0 atom stereocenters. The molecule has 3 nitrogen and oxygen atoms in total. The summed E-state index contributed by atoms with van der Waals surface area (Å²) in [5.41, 5.74) is 2.98. The maximum absolute atomic E-state index is 12.5. The highest BCUT2D eigenvalue weighted by Gasteiger charge is 2.24. The third-order valence-electron chi connectivity index (χ3n) is 3.33. The van der Waals surface area contributed by atoms with Crippen molar-refractivity contribution in [3.05, 3.63) is 60.5 Å². The van der Waals surface area contributed by atoms with E-state index < -0.39 is 0 Å². The van der Waals surface area contributed by atoms with Crippen LogP contribution in [-0.2, 0) is 4.79 Å². The highest BCUT2D eigenvalue weighted by Crippen LogP contribution is 2.28. The van der Waals surface area contributed by atoms with Crippen molar-refractivity contribution < 1.29 is 4.79 Å². The number of pyridine rings is 1. The molecular weight excluding hydrogens is 304 g/mol. The van der Waals surface area contributed by atoms with Crippen LogP contribution < -0.4 is 0 Å². The van der Waals surface area contributed by atoms with Crippen molar-refractivity contribution >= 4 is 17.7 Å². The molecule has 4 heteroatoms. The molecule has 0 saturated carbocycles. The molecule has 2 rings (SSSR count). The Bertz CT molecular complexity index is 578. The van der Waals surface area contributed by atoms with Crippen LogP contribution in [0.2, 0.25) is 0 Å². The lowest BCUT2D eigenvalue weighted by Crippen LogP contribution is -2.36. The summed E-state index contributed by atoms with van der Waals surface area (Å²) >= 11 is 1.46. The van der Waals surface area contributed by atoms with Crippen LogP contribution in [0.15, 0.2) is 65.5 Å². The van der Waals surface area contributed by atoms with E-state index in [9.17, 15) is 4.79 Å². The van der Waals surface area contributed by atoms with Gasteiger partial charge in [-0.2, -0.15) is 0 Å². The number of amides is 1. The molecule has 0 bridgehead atoms. The molecule has 0 saturated heterocycles. The number of aromatic nitrogens is 1. The van der Waals surface area contributed by atoms with Gasteiger partial charge in [-0.1, -0.05) is 50.9 Å². The van der Waals surface area contributed by atoms with Crippen molar-refractivity contribution in [3.8, 4) is 0 Å². The van der Waals surface area contributed by atoms with E-state index in [0.717, 1.165) is 41.3 Å². The van der Waals surface area contributed by atoms with Crippen molar-refractivity contribution in [2.24, 2.45) is 0 Å². The molecule has 0 fully saturated rings. The number of carbonyl (C=O) groups is 1. The molecule has 0 unspecified atom stereocenters. The molecule has 1 aliphatic heterocycles. The zero-order chi connectivity index (χ0) is 17.2. The molecule has 2 heterocycles. The molecule has 1 aliphatic rings. The minimum Gasteiger partial charge on any atom is -0.311 e. The Labute approximate surface area is 144 Å². The maximum atomic E-state index is 12.5. The molecule has 0 aromatic carbocycles. The van der Waals surface area contributed by atoms with E-state index in [-0.39, 0.29) is 5.91 Å². The number of carbonyl (C=O) groups excluding carboxylic acids is 1. The molecule has 1 aromatic heterocycles. The van der Waals surface area contributed by atoms with Gasteiger partial charge in [0.15, 0.2) is 0 Å². The largest absolute Gasteiger partial charge is 0.311 e. The molecule has 0 spiro atoms. The summed E-state index contributed by atoms with van der Waals surface area (Å²) in [7, 11) is 0. The first-order valence-corrected chi connectivity index (χ1v) is 8.97. The lowest BCUT2D eigenvalue weighted by atomic mass is 9.98. The molecular formula is C19H26N2OS. The molecule has 0 N–H and O–H groups in total. The number of allylic oxidation sites excluding steroid dienone is 3. The van der Waals surface area contributed by atoms with E-state index in [2.05, 4.69) is 18.1 Å². The van der Waals surface area contributed by atoms with E-state index in [4.69, 9.17) is 0 Å². The molecule has 124 valence electrons. The van der Waals surface area contributed by atoms with Gasteiger partial charge in [-0.25, -0.2) is 4.98 Å². The maximum Gasteiger partial charge on any atom is 0.237 e. The lowest BCUT2D eigenvalue weighted by Gasteiger charge is -2.31. The Hall–Kier alpha value is -1.81. The molecule has 1 aromatic rings. The predicted octanol–water partition coefficient (Wildman–Crippen LogP) is 4.84. The first kappa shape index (κ1) is 19.2. The molecule has 0 aliphatic carbocycles. The third-order valence-corrected chi connectivity index (χ3v) is 4.26. The van der Waals surface area contributed by atoms with Gasteiger partial charge in [0.2, 0.25) is 5.91 Å². The second-order valence-electron chi connectivity index (χ2n) is 4.96. The van der Waals surface area contributed by atoms with Crippen LogP contribution in [0.4, 0.5) is 0 Å². The third kappa shape index (κ3) is 5.39. The molecule has 1 amide bonds. The van der Waals surface area contributed by atoms with Gasteiger partial charge in [0.25, 0.3) is 0 Å². The Morgan fingerprint density at radius 3 is 2.74 bits per heavy atom. The van der Waals surface area contributed by atoms with Crippen LogP contribution in [-0.4, -0.2) is 28.1 Å². The summed E-state index contributed by atoms with van der Waals surface area (Å²) in [6.45, 7) is 14.6. The van der Waals surface area contributed by atoms with Gasteiger partial charge < -0.3 is 4.90 Å². The fourth-order valence-corrected chi connectivity index (χ4v) is 3.17. The van der Waals surface area contributed by atoms with Crippen LogP contribution in [0.1, 0.15) is 33.6 Å². The van der Waals surface area contributed by atoms with Gasteiger partial charge in [0.05, 0.1) is 10.8 Å². The zero-order valence-corrected chi connectivity index (χ0v) is 15.2. The number of hydrogen-bond donors (Lipinski definition) is 0. The van der Waals surface area contributed by atoms with E-state index >= 15 is 0 Å². The summed E-state index contributed by atoms with van der Waals surface area (Å²) in [6.07, 6.45) is 5.51. The van der Waals surface area contributed by atoms with Crippen molar-refractivity contribution in [2.45, 2.75) is 38.6 Å². The smallest absolute Gasteiger partial charge is 0.237 e. The first-order valence-electron chi connectivity index (χ1n) is 7.99. The van der Waals surface area contributed by atoms with Crippen LogP contribution in [0.25, 0.3) is 0 Å².